The van der Waals surface area contributed by atoms with Gasteiger partial charge in [0.25, 0.3) is 0 Å². The molecular weight excluding hydrogens is 150 g/mol. The molecule has 1 atom stereocenters. The van der Waals surface area contributed by atoms with Crippen LogP contribution < -0.4 is 5.73 Å². The van der Waals surface area contributed by atoms with E-state index in [-0.39, 0.29) is 0 Å². The summed E-state index contributed by atoms with van der Waals surface area (Å²) in [6.07, 6.45) is 2.19. The van der Waals surface area contributed by atoms with Crippen LogP contribution >= 0.6 is 0 Å². The smallest absolute Gasteiger partial charge is 0.107 e. The molecule has 0 saturated heterocycles. The minimum Gasteiger partial charge on any atom is -0.313 e. The highest BCUT2D eigenvalue weighted by Gasteiger charge is 2.17. The Morgan fingerprint density at radius 3 is 2.92 bits per heavy atom. The lowest BCUT2D eigenvalue weighted by Gasteiger charge is -2.13. The molecule has 0 aliphatic carbocycles. The van der Waals surface area contributed by atoms with Crippen LogP contribution in [0.25, 0.3) is 0 Å². The molecule has 1 aromatic heterocycles. The first-order valence-corrected chi connectivity index (χ1v) is 3.74. The molecule has 0 amide bonds. The van der Waals surface area contributed by atoms with Gasteiger partial charge in [-0.05, 0) is 19.1 Å². The second kappa shape index (κ2) is 3.33. The molecule has 3 nitrogen and oxygen atoms in total. The first-order valence-electron chi connectivity index (χ1n) is 3.74. The molecule has 0 bridgehead atoms. The number of nitrogens with zero attached hydrogens (tertiary/aromatic N) is 2. The molecule has 1 heterocycles. The Morgan fingerprint density at radius 1 is 1.67 bits per heavy atom. The van der Waals surface area contributed by atoms with Gasteiger partial charge in [0, 0.05) is 18.3 Å². The predicted molar refractivity (Wildman–Crippen MR) is 46.1 cm³/mol. The Balaban J connectivity index is 2.72. The SMILES string of the molecule is CC(N)(C#N)Cc1ccccn1. The summed E-state index contributed by atoms with van der Waals surface area (Å²) in [5.41, 5.74) is 5.69. The number of hydrogen-bond acceptors (Lipinski definition) is 3. The average molecular weight is 161 g/mol. The van der Waals surface area contributed by atoms with E-state index in [1.165, 1.54) is 0 Å². The lowest BCUT2D eigenvalue weighted by atomic mass is 9.99. The number of hydrogen-bond donors (Lipinski definition) is 1. The van der Waals surface area contributed by atoms with Crippen LogP contribution in [0, 0.1) is 11.3 Å². The second-order valence-electron chi connectivity index (χ2n) is 3.03. The molecule has 0 spiro atoms. The lowest BCUT2D eigenvalue weighted by molar-refractivity contribution is 0.587. The van der Waals surface area contributed by atoms with Crippen molar-refractivity contribution < 1.29 is 0 Å². The third-order valence-electron chi connectivity index (χ3n) is 1.53. The zero-order valence-electron chi connectivity index (χ0n) is 6.99. The molecule has 1 rings (SSSR count). The van der Waals surface area contributed by atoms with Crippen LogP contribution in [0.1, 0.15) is 12.6 Å². The highest BCUT2D eigenvalue weighted by atomic mass is 14.8. The number of aromatic nitrogens is 1. The van der Waals surface area contributed by atoms with Gasteiger partial charge < -0.3 is 5.73 Å². The van der Waals surface area contributed by atoms with E-state index >= 15 is 0 Å². The van der Waals surface area contributed by atoms with Crippen molar-refractivity contribution in [3.8, 4) is 6.07 Å². The summed E-state index contributed by atoms with van der Waals surface area (Å²) in [6, 6.07) is 7.61. The summed E-state index contributed by atoms with van der Waals surface area (Å²) in [7, 11) is 0. The summed E-state index contributed by atoms with van der Waals surface area (Å²) in [4.78, 5) is 4.08. The number of nitrogens with two attached hydrogens (primary N) is 1. The van der Waals surface area contributed by atoms with Gasteiger partial charge in [-0.25, -0.2) is 0 Å². The summed E-state index contributed by atoms with van der Waals surface area (Å²) >= 11 is 0. The van der Waals surface area contributed by atoms with Gasteiger partial charge in [0.2, 0.25) is 0 Å². The van der Waals surface area contributed by atoms with Crippen molar-refractivity contribution in [3.63, 3.8) is 0 Å². The standard InChI is InChI=1S/C9H11N3/c1-9(11,7-10)6-8-4-2-3-5-12-8/h2-5H,6,11H2,1H3. The van der Waals surface area contributed by atoms with Gasteiger partial charge in [0.15, 0.2) is 0 Å². The van der Waals surface area contributed by atoms with Crippen LogP contribution in [0.4, 0.5) is 0 Å². The topological polar surface area (TPSA) is 62.7 Å². The Hall–Kier alpha value is -1.40. The van der Waals surface area contributed by atoms with Crippen molar-refractivity contribution in [3.05, 3.63) is 30.1 Å². The van der Waals surface area contributed by atoms with E-state index in [0.29, 0.717) is 6.42 Å². The van der Waals surface area contributed by atoms with Gasteiger partial charge >= 0.3 is 0 Å². The minimum absolute atomic E-state index is 0.490. The molecule has 0 aliphatic heterocycles. The highest BCUT2D eigenvalue weighted by molar-refractivity contribution is 5.13. The molecule has 2 N–H and O–H groups in total. The lowest BCUT2D eigenvalue weighted by Crippen LogP contribution is -2.36. The normalized spacial score (nSPS) is 14.8. The van der Waals surface area contributed by atoms with Crippen LogP contribution in [-0.2, 0) is 6.42 Å². The van der Waals surface area contributed by atoms with Crippen LogP contribution in [-0.4, -0.2) is 10.5 Å². The Kier molecular flexibility index (Phi) is 2.41. The molecule has 0 aliphatic rings. The molecule has 0 radical (unpaired) electrons. The molecule has 12 heavy (non-hydrogen) atoms. The van der Waals surface area contributed by atoms with Gasteiger partial charge in [-0.15, -0.1) is 0 Å². The third kappa shape index (κ3) is 2.33. The van der Waals surface area contributed by atoms with E-state index in [9.17, 15) is 0 Å². The molecule has 62 valence electrons. The molecule has 1 aromatic rings. The van der Waals surface area contributed by atoms with E-state index in [4.69, 9.17) is 11.0 Å². The zero-order chi connectivity index (χ0) is 9.03. The fourth-order valence-electron chi connectivity index (χ4n) is 0.918. The van der Waals surface area contributed by atoms with E-state index in [2.05, 4.69) is 4.98 Å². The predicted octanol–water partition coefficient (Wildman–Crippen LogP) is 0.865. The minimum atomic E-state index is -0.811. The number of nitriles is 1. The monoisotopic (exact) mass is 161 g/mol. The van der Waals surface area contributed by atoms with Crippen molar-refractivity contribution in [2.24, 2.45) is 5.73 Å². The molecule has 0 aromatic carbocycles. The number of rotatable bonds is 2. The van der Waals surface area contributed by atoms with Crippen LogP contribution in [0.2, 0.25) is 0 Å². The van der Waals surface area contributed by atoms with Crippen molar-refractivity contribution in [2.45, 2.75) is 18.9 Å². The highest BCUT2D eigenvalue weighted by Crippen LogP contribution is 2.06. The Labute approximate surface area is 71.8 Å². The molecular formula is C9H11N3. The molecule has 1 unspecified atom stereocenters. The first-order chi connectivity index (χ1) is 5.64. The second-order valence-corrected chi connectivity index (χ2v) is 3.03. The van der Waals surface area contributed by atoms with E-state index in [0.717, 1.165) is 5.69 Å². The van der Waals surface area contributed by atoms with Crippen molar-refractivity contribution in [1.29, 1.82) is 5.26 Å². The Bertz CT molecular complexity index is 284. The maximum Gasteiger partial charge on any atom is 0.107 e. The van der Waals surface area contributed by atoms with Gasteiger partial charge in [-0.3, -0.25) is 4.98 Å². The number of pyridine rings is 1. The summed E-state index contributed by atoms with van der Waals surface area (Å²) in [5, 5.41) is 8.65. The maximum atomic E-state index is 8.65. The van der Waals surface area contributed by atoms with Crippen LogP contribution in [0.5, 0.6) is 0 Å². The first kappa shape index (κ1) is 8.69. The van der Waals surface area contributed by atoms with E-state index < -0.39 is 5.54 Å². The van der Waals surface area contributed by atoms with Gasteiger partial charge in [0.1, 0.15) is 5.54 Å². The van der Waals surface area contributed by atoms with Crippen molar-refractivity contribution in [2.75, 3.05) is 0 Å². The summed E-state index contributed by atoms with van der Waals surface area (Å²) < 4.78 is 0. The fraction of sp³-hybridized carbons (Fsp3) is 0.333. The van der Waals surface area contributed by atoms with Gasteiger partial charge in [0.05, 0.1) is 6.07 Å². The largest absolute Gasteiger partial charge is 0.313 e. The van der Waals surface area contributed by atoms with Crippen molar-refractivity contribution >= 4 is 0 Å². The van der Waals surface area contributed by atoms with E-state index in [1.54, 1.807) is 13.1 Å². The van der Waals surface area contributed by atoms with Crippen LogP contribution in [0.3, 0.4) is 0 Å². The van der Waals surface area contributed by atoms with Gasteiger partial charge in [-0.1, -0.05) is 6.07 Å². The molecule has 0 fully saturated rings. The third-order valence-corrected chi connectivity index (χ3v) is 1.53. The fourth-order valence-corrected chi connectivity index (χ4v) is 0.918. The quantitative estimate of drug-likeness (QED) is 0.699. The summed E-state index contributed by atoms with van der Waals surface area (Å²) in [6.45, 7) is 1.70. The van der Waals surface area contributed by atoms with Gasteiger partial charge in [-0.2, -0.15) is 5.26 Å². The molecule has 3 heteroatoms. The molecule has 0 saturated carbocycles. The van der Waals surface area contributed by atoms with Crippen LogP contribution in [0.15, 0.2) is 24.4 Å². The van der Waals surface area contributed by atoms with Crippen molar-refractivity contribution in [1.82, 2.24) is 4.98 Å². The van der Waals surface area contributed by atoms with E-state index in [1.807, 2.05) is 24.3 Å². The summed E-state index contributed by atoms with van der Waals surface area (Å²) in [5.74, 6) is 0. The maximum absolute atomic E-state index is 8.65. The average Bonchev–Trinajstić information content (AvgIpc) is 2.06. The Morgan fingerprint density at radius 2 is 2.42 bits per heavy atom. The zero-order valence-corrected chi connectivity index (χ0v) is 6.99.